The fourth-order valence-corrected chi connectivity index (χ4v) is 1.47. The number of aliphatic hydroxyl groups excluding tert-OH is 2. The van der Waals surface area contributed by atoms with E-state index in [0.717, 1.165) is 0 Å². The van der Waals surface area contributed by atoms with Crippen molar-refractivity contribution in [3.05, 3.63) is 35.6 Å². The van der Waals surface area contributed by atoms with Crippen LogP contribution in [0, 0.1) is 11.7 Å². The molecule has 0 aromatic heterocycles. The summed E-state index contributed by atoms with van der Waals surface area (Å²) >= 11 is 0. The van der Waals surface area contributed by atoms with Crippen LogP contribution in [0.25, 0.3) is 0 Å². The van der Waals surface area contributed by atoms with Crippen molar-refractivity contribution >= 4 is 0 Å². The first-order valence-corrected chi connectivity index (χ1v) is 5.11. The molecule has 1 aromatic carbocycles. The smallest absolute Gasteiger partial charge is 0.123 e. The third-order valence-corrected chi connectivity index (χ3v) is 2.41. The number of hydrogen-bond acceptors (Lipinski definition) is 2. The van der Waals surface area contributed by atoms with Crippen LogP contribution in [-0.4, -0.2) is 22.4 Å². The first-order chi connectivity index (χ1) is 7.00. The van der Waals surface area contributed by atoms with Crippen LogP contribution in [0.4, 0.5) is 4.39 Å². The zero-order valence-corrected chi connectivity index (χ0v) is 9.02. The molecule has 0 radical (unpaired) electrons. The molecule has 0 heterocycles. The van der Waals surface area contributed by atoms with Crippen molar-refractivity contribution < 1.29 is 14.6 Å². The molecule has 1 aromatic rings. The van der Waals surface area contributed by atoms with Crippen molar-refractivity contribution in [1.29, 1.82) is 0 Å². The Hall–Kier alpha value is -0.930. The maximum absolute atomic E-state index is 12.8. The number of aliphatic hydroxyl groups is 2. The van der Waals surface area contributed by atoms with Gasteiger partial charge in [0.25, 0.3) is 0 Å². The van der Waals surface area contributed by atoms with E-state index in [4.69, 9.17) is 0 Å². The van der Waals surface area contributed by atoms with Crippen LogP contribution in [0.15, 0.2) is 24.3 Å². The van der Waals surface area contributed by atoms with E-state index >= 15 is 0 Å². The molecule has 2 N–H and O–H groups in total. The monoisotopic (exact) mass is 212 g/mol. The lowest BCUT2D eigenvalue weighted by Crippen LogP contribution is -2.32. The molecule has 0 aliphatic carbocycles. The minimum absolute atomic E-state index is 0.00596. The van der Waals surface area contributed by atoms with E-state index in [9.17, 15) is 14.6 Å². The summed E-state index contributed by atoms with van der Waals surface area (Å²) in [7, 11) is 0. The molecule has 1 rings (SSSR count). The van der Waals surface area contributed by atoms with E-state index in [1.807, 2.05) is 13.8 Å². The molecule has 0 bridgehead atoms. The fourth-order valence-electron chi connectivity index (χ4n) is 1.47. The number of halogens is 1. The van der Waals surface area contributed by atoms with Crippen molar-refractivity contribution in [3.63, 3.8) is 0 Å². The van der Waals surface area contributed by atoms with Gasteiger partial charge in [0, 0.05) is 6.42 Å². The minimum Gasteiger partial charge on any atom is -0.390 e. The lowest BCUT2D eigenvalue weighted by molar-refractivity contribution is -0.00734. The lowest BCUT2D eigenvalue weighted by atomic mass is 9.96. The molecule has 84 valence electrons. The van der Waals surface area contributed by atoms with Gasteiger partial charge in [0.1, 0.15) is 5.82 Å². The number of hydrogen-bond donors (Lipinski definition) is 2. The Balaban J connectivity index is 2.62. The predicted octanol–water partition coefficient (Wildman–Crippen LogP) is 1.75. The minimum atomic E-state index is -0.841. The van der Waals surface area contributed by atoms with E-state index in [1.165, 1.54) is 12.1 Å². The molecule has 0 spiro atoms. The maximum atomic E-state index is 12.8. The van der Waals surface area contributed by atoms with Crippen LogP contribution >= 0.6 is 0 Å². The topological polar surface area (TPSA) is 40.5 Å². The van der Waals surface area contributed by atoms with Gasteiger partial charge in [-0.1, -0.05) is 26.0 Å². The highest BCUT2D eigenvalue weighted by molar-refractivity contribution is 5.17. The van der Waals surface area contributed by atoms with Crippen LogP contribution in [0.5, 0.6) is 0 Å². The van der Waals surface area contributed by atoms with Gasteiger partial charge in [-0.2, -0.15) is 0 Å². The SMILES string of the molecule is CC(C)C(O)C(O)Cc1cccc(F)c1. The van der Waals surface area contributed by atoms with Crippen molar-refractivity contribution in [2.75, 3.05) is 0 Å². The molecule has 0 aliphatic rings. The summed E-state index contributed by atoms with van der Waals surface area (Å²) in [5, 5.41) is 19.2. The van der Waals surface area contributed by atoms with Crippen LogP contribution in [0.2, 0.25) is 0 Å². The summed E-state index contributed by atoms with van der Waals surface area (Å²) in [6.07, 6.45) is -1.34. The summed E-state index contributed by atoms with van der Waals surface area (Å²) in [6.45, 7) is 3.67. The summed E-state index contributed by atoms with van der Waals surface area (Å²) in [5.41, 5.74) is 0.696. The first-order valence-electron chi connectivity index (χ1n) is 5.11. The highest BCUT2D eigenvalue weighted by atomic mass is 19.1. The Morgan fingerprint density at radius 3 is 2.47 bits per heavy atom. The quantitative estimate of drug-likeness (QED) is 0.798. The van der Waals surface area contributed by atoms with Gasteiger partial charge in [-0.05, 0) is 23.6 Å². The number of rotatable bonds is 4. The lowest BCUT2D eigenvalue weighted by Gasteiger charge is -2.20. The molecule has 3 heteroatoms. The van der Waals surface area contributed by atoms with E-state index < -0.39 is 12.2 Å². The Morgan fingerprint density at radius 1 is 1.27 bits per heavy atom. The van der Waals surface area contributed by atoms with Gasteiger partial charge in [-0.3, -0.25) is 0 Å². The Morgan fingerprint density at radius 2 is 1.93 bits per heavy atom. The summed E-state index contributed by atoms with van der Waals surface area (Å²) in [6, 6.07) is 6.06. The second-order valence-electron chi connectivity index (χ2n) is 4.14. The number of benzene rings is 1. The highest BCUT2D eigenvalue weighted by Gasteiger charge is 2.19. The zero-order chi connectivity index (χ0) is 11.4. The zero-order valence-electron chi connectivity index (χ0n) is 9.02. The molecule has 0 saturated carbocycles. The Labute approximate surface area is 89.4 Å². The van der Waals surface area contributed by atoms with Crippen molar-refractivity contribution in [3.8, 4) is 0 Å². The van der Waals surface area contributed by atoms with Crippen molar-refractivity contribution in [1.82, 2.24) is 0 Å². The first kappa shape index (κ1) is 12.1. The van der Waals surface area contributed by atoms with Gasteiger partial charge in [0.15, 0.2) is 0 Å². The molecule has 2 atom stereocenters. The average Bonchev–Trinajstić information content (AvgIpc) is 2.16. The third kappa shape index (κ3) is 3.61. The summed E-state index contributed by atoms with van der Waals surface area (Å²) in [4.78, 5) is 0. The van der Waals surface area contributed by atoms with E-state index in [0.29, 0.717) is 5.56 Å². The molecule has 0 aliphatic heterocycles. The van der Waals surface area contributed by atoms with Crippen molar-refractivity contribution in [2.24, 2.45) is 5.92 Å². The third-order valence-electron chi connectivity index (χ3n) is 2.41. The Bertz CT molecular complexity index is 312. The largest absolute Gasteiger partial charge is 0.390 e. The second-order valence-corrected chi connectivity index (χ2v) is 4.14. The van der Waals surface area contributed by atoms with Gasteiger partial charge in [0.05, 0.1) is 12.2 Å². The van der Waals surface area contributed by atoms with Gasteiger partial charge >= 0.3 is 0 Å². The van der Waals surface area contributed by atoms with Gasteiger partial charge in [-0.25, -0.2) is 4.39 Å². The van der Waals surface area contributed by atoms with Crippen molar-refractivity contribution in [2.45, 2.75) is 32.5 Å². The average molecular weight is 212 g/mol. The van der Waals surface area contributed by atoms with Gasteiger partial charge in [-0.15, -0.1) is 0 Å². The van der Waals surface area contributed by atoms with Gasteiger partial charge in [0.2, 0.25) is 0 Å². The Kier molecular flexibility index (Phi) is 4.24. The molecule has 0 amide bonds. The van der Waals surface area contributed by atoms with Crippen LogP contribution in [0.3, 0.4) is 0 Å². The molecular formula is C12H17FO2. The highest BCUT2D eigenvalue weighted by Crippen LogP contribution is 2.12. The second kappa shape index (κ2) is 5.24. The molecule has 2 unspecified atom stereocenters. The van der Waals surface area contributed by atoms with Crippen LogP contribution < -0.4 is 0 Å². The van der Waals surface area contributed by atoms with Crippen LogP contribution in [-0.2, 0) is 6.42 Å². The molecule has 2 nitrogen and oxygen atoms in total. The summed E-state index contributed by atoms with van der Waals surface area (Å²) < 4.78 is 12.8. The summed E-state index contributed by atoms with van der Waals surface area (Å²) in [5.74, 6) is -0.327. The van der Waals surface area contributed by atoms with E-state index in [-0.39, 0.29) is 18.2 Å². The van der Waals surface area contributed by atoms with E-state index in [2.05, 4.69) is 0 Å². The maximum Gasteiger partial charge on any atom is 0.123 e. The van der Waals surface area contributed by atoms with Gasteiger partial charge < -0.3 is 10.2 Å². The fraction of sp³-hybridized carbons (Fsp3) is 0.500. The molecule has 15 heavy (non-hydrogen) atoms. The normalized spacial score (nSPS) is 15.3. The standard InChI is InChI=1S/C12H17FO2/c1-8(2)12(15)11(14)7-9-4-3-5-10(13)6-9/h3-6,8,11-12,14-15H,7H2,1-2H3. The van der Waals surface area contributed by atoms with Crippen LogP contribution in [0.1, 0.15) is 19.4 Å². The molecule has 0 saturated heterocycles. The molecule has 0 fully saturated rings. The van der Waals surface area contributed by atoms with E-state index in [1.54, 1.807) is 12.1 Å². The molecular weight excluding hydrogens is 195 g/mol. The predicted molar refractivity (Wildman–Crippen MR) is 57.0 cm³/mol.